The highest BCUT2D eigenvalue weighted by atomic mass is 16.5. The molecule has 2 N–H and O–H groups in total. The number of ether oxygens (including phenoxy) is 1. The first-order chi connectivity index (χ1) is 13.0. The van der Waals surface area contributed by atoms with Crippen molar-refractivity contribution < 1.29 is 18.7 Å². The van der Waals surface area contributed by atoms with Crippen LogP contribution in [0.5, 0.6) is 5.75 Å². The highest BCUT2D eigenvalue weighted by Crippen LogP contribution is 2.31. The van der Waals surface area contributed by atoms with E-state index in [2.05, 4.69) is 20.8 Å². The molecular weight excluding hydrogens is 350 g/mol. The number of nitrogens with one attached hydrogen (secondary N) is 2. The van der Waals surface area contributed by atoms with E-state index in [1.807, 2.05) is 6.92 Å². The Morgan fingerprint density at radius 2 is 2.19 bits per heavy atom. The lowest BCUT2D eigenvalue weighted by Crippen LogP contribution is -2.35. The van der Waals surface area contributed by atoms with E-state index in [9.17, 15) is 9.59 Å². The zero-order chi connectivity index (χ0) is 19.4. The Hall–Kier alpha value is -3.10. The number of benzene rings is 1. The number of carbonyl (C=O) groups excluding carboxylic acids is 2. The molecule has 9 nitrogen and oxygen atoms in total. The fourth-order valence-corrected chi connectivity index (χ4v) is 3.01. The molecule has 2 aromatic rings. The molecule has 1 aromatic heterocycles. The maximum absolute atomic E-state index is 12.6. The molecule has 9 heteroatoms. The second-order valence-electron chi connectivity index (χ2n) is 6.25. The van der Waals surface area contributed by atoms with Gasteiger partial charge in [-0.15, -0.1) is 10.2 Å². The first kappa shape index (κ1) is 18.7. The highest BCUT2D eigenvalue weighted by Gasteiger charge is 2.30. The first-order valence-corrected chi connectivity index (χ1v) is 8.84. The van der Waals surface area contributed by atoms with Gasteiger partial charge in [-0.2, -0.15) is 0 Å². The van der Waals surface area contributed by atoms with Crippen LogP contribution < -0.4 is 15.4 Å². The summed E-state index contributed by atoms with van der Waals surface area (Å²) in [6, 6.07) is 4.98. The molecule has 0 radical (unpaired) electrons. The van der Waals surface area contributed by atoms with Crippen LogP contribution in [0.2, 0.25) is 0 Å². The van der Waals surface area contributed by atoms with Crippen LogP contribution in [0.4, 0.5) is 10.5 Å². The number of likely N-dealkylation sites (tertiary alicyclic amines) is 1. The average Bonchev–Trinajstić information content (AvgIpc) is 3.37. The lowest BCUT2D eigenvalue weighted by molar-refractivity contribution is -0.124. The zero-order valence-corrected chi connectivity index (χ0v) is 15.6. The van der Waals surface area contributed by atoms with Gasteiger partial charge in [0.1, 0.15) is 5.75 Å². The molecule has 0 aliphatic carbocycles. The van der Waals surface area contributed by atoms with Crippen molar-refractivity contribution in [3.8, 4) is 17.2 Å². The number of anilines is 1. The van der Waals surface area contributed by atoms with Gasteiger partial charge in [-0.25, -0.2) is 4.79 Å². The van der Waals surface area contributed by atoms with Gasteiger partial charge in [0.05, 0.1) is 18.7 Å². The maximum Gasteiger partial charge on any atom is 0.321 e. The van der Waals surface area contributed by atoms with Gasteiger partial charge < -0.3 is 24.7 Å². The Bertz CT molecular complexity index is 835. The number of hydrogen-bond donors (Lipinski definition) is 2. The molecular formula is C18H23N5O4. The van der Waals surface area contributed by atoms with Crippen LogP contribution in [0.3, 0.4) is 0 Å². The number of aromatic nitrogens is 2. The average molecular weight is 373 g/mol. The molecule has 144 valence electrons. The quantitative estimate of drug-likeness (QED) is 0.828. The molecule has 1 aliphatic heterocycles. The summed E-state index contributed by atoms with van der Waals surface area (Å²) in [6.07, 6.45) is 1.29. The standard InChI is InChI=1S/C18H23N5O4/c1-4-15-21-22-17(27-15)11-5-6-14(26-3)13(9-11)20-18(25)23-8-7-12(10-23)16(24)19-2/h5-6,9,12H,4,7-8,10H2,1-3H3,(H,19,24)(H,20,25)/t12-/m1/s1. The van der Waals surface area contributed by atoms with Crippen molar-refractivity contribution in [1.82, 2.24) is 20.4 Å². The normalized spacial score (nSPS) is 16.3. The molecule has 0 bridgehead atoms. The van der Waals surface area contributed by atoms with Gasteiger partial charge in [0, 0.05) is 32.1 Å². The van der Waals surface area contributed by atoms with Crippen molar-refractivity contribution in [2.24, 2.45) is 5.92 Å². The highest BCUT2D eigenvalue weighted by molar-refractivity contribution is 5.92. The second-order valence-corrected chi connectivity index (χ2v) is 6.25. The third-order valence-corrected chi connectivity index (χ3v) is 4.55. The van der Waals surface area contributed by atoms with Crippen molar-refractivity contribution in [3.63, 3.8) is 0 Å². The zero-order valence-electron chi connectivity index (χ0n) is 15.6. The Kier molecular flexibility index (Phi) is 5.58. The Labute approximate surface area is 157 Å². The molecule has 3 rings (SSSR count). The van der Waals surface area contributed by atoms with Gasteiger partial charge in [-0.3, -0.25) is 4.79 Å². The van der Waals surface area contributed by atoms with E-state index in [4.69, 9.17) is 9.15 Å². The van der Waals surface area contributed by atoms with Crippen LogP contribution in [0.15, 0.2) is 22.6 Å². The van der Waals surface area contributed by atoms with E-state index >= 15 is 0 Å². The molecule has 3 amide bonds. The molecule has 1 aliphatic rings. The monoisotopic (exact) mass is 373 g/mol. The third kappa shape index (κ3) is 4.02. The van der Waals surface area contributed by atoms with E-state index < -0.39 is 0 Å². The lowest BCUT2D eigenvalue weighted by atomic mass is 10.1. The van der Waals surface area contributed by atoms with E-state index in [-0.39, 0.29) is 17.9 Å². The molecule has 0 unspecified atom stereocenters. The SMILES string of the molecule is CCc1nnc(-c2ccc(OC)c(NC(=O)N3CC[C@@H](C(=O)NC)C3)c2)o1. The predicted octanol–water partition coefficient (Wildman–Crippen LogP) is 1.91. The van der Waals surface area contributed by atoms with Gasteiger partial charge >= 0.3 is 6.03 Å². The fourth-order valence-electron chi connectivity index (χ4n) is 3.01. The summed E-state index contributed by atoms with van der Waals surface area (Å²) in [6.45, 7) is 2.84. The van der Waals surface area contributed by atoms with E-state index in [0.29, 0.717) is 54.7 Å². The number of urea groups is 1. The molecule has 2 heterocycles. The molecule has 1 saturated heterocycles. The molecule has 1 fully saturated rings. The van der Waals surface area contributed by atoms with Crippen LogP contribution in [0.25, 0.3) is 11.5 Å². The van der Waals surface area contributed by atoms with Gasteiger partial charge in [0.25, 0.3) is 0 Å². The Morgan fingerprint density at radius 1 is 1.37 bits per heavy atom. The maximum atomic E-state index is 12.6. The van der Waals surface area contributed by atoms with Crippen LogP contribution in [-0.4, -0.2) is 54.3 Å². The number of aryl methyl sites for hydroxylation is 1. The van der Waals surface area contributed by atoms with E-state index in [1.54, 1.807) is 30.1 Å². The minimum Gasteiger partial charge on any atom is -0.495 e. The Morgan fingerprint density at radius 3 is 2.85 bits per heavy atom. The second kappa shape index (κ2) is 8.07. The van der Waals surface area contributed by atoms with E-state index in [1.165, 1.54) is 7.11 Å². The van der Waals surface area contributed by atoms with E-state index in [0.717, 1.165) is 0 Å². The fraction of sp³-hybridized carbons (Fsp3) is 0.444. The van der Waals surface area contributed by atoms with Crippen LogP contribution in [0.1, 0.15) is 19.2 Å². The van der Waals surface area contributed by atoms with Gasteiger partial charge in [0.15, 0.2) is 0 Å². The summed E-state index contributed by atoms with van der Waals surface area (Å²) in [5, 5.41) is 13.5. The van der Waals surface area contributed by atoms with Gasteiger partial charge in [0.2, 0.25) is 17.7 Å². The first-order valence-electron chi connectivity index (χ1n) is 8.84. The van der Waals surface area contributed by atoms with Crippen molar-refractivity contribution >= 4 is 17.6 Å². The number of amides is 3. The minimum atomic E-state index is -0.281. The Balaban J connectivity index is 1.76. The smallest absolute Gasteiger partial charge is 0.321 e. The van der Waals surface area contributed by atoms with Gasteiger partial charge in [-0.1, -0.05) is 6.92 Å². The molecule has 1 aromatic carbocycles. The van der Waals surface area contributed by atoms with Crippen molar-refractivity contribution in [3.05, 3.63) is 24.1 Å². The van der Waals surface area contributed by atoms with Crippen LogP contribution in [-0.2, 0) is 11.2 Å². The number of rotatable bonds is 5. The van der Waals surface area contributed by atoms with Gasteiger partial charge in [-0.05, 0) is 24.6 Å². The molecule has 27 heavy (non-hydrogen) atoms. The third-order valence-electron chi connectivity index (χ3n) is 4.55. The summed E-state index contributed by atoms with van der Waals surface area (Å²) in [5.74, 6) is 1.21. The summed E-state index contributed by atoms with van der Waals surface area (Å²) in [5.41, 5.74) is 1.18. The van der Waals surface area contributed by atoms with Crippen molar-refractivity contribution in [2.45, 2.75) is 19.8 Å². The van der Waals surface area contributed by atoms with Crippen LogP contribution in [0, 0.1) is 5.92 Å². The summed E-state index contributed by atoms with van der Waals surface area (Å²) < 4.78 is 10.9. The lowest BCUT2D eigenvalue weighted by Gasteiger charge is -2.18. The summed E-state index contributed by atoms with van der Waals surface area (Å²) >= 11 is 0. The minimum absolute atomic E-state index is 0.0481. The predicted molar refractivity (Wildman–Crippen MR) is 98.4 cm³/mol. The number of nitrogens with zero attached hydrogens (tertiary/aromatic N) is 3. The number of methoxy groups -OCH3 is 1. The van der Waals surface area contributed by atoms with Crippen LogP contribution >= 0.6 is 0 Å². The summed E-state index contributed by atoms with van der Waals surface area (Å²) in [7, 11) is 3.13. The molecule has 0 saturated carbocycles. The largest absolute Gasteiger partial charge is 0.495 e. The topological polar surface area (TPSA) is 110 Å². The number of carbonyl (C=O) groups is 2. The molecule has 0 spiro atoms. The molecule has 1 atom stereocenters. The van der Waals surface area contributed by atoms with Crippen molar-refractivity contribution in [1.29, 1.82) is 0 Å². The summed E-state index contributed by atoms with van der Waals surface area (Å²) in [4.78, 5) is 26.0. The van der Waals surface area contributed by atoms with Crippen molar-refractivity contribution in [2.75, 3.05) is 32.6 Å². The number of hydrogen-bond acceptors (Lipinski definition) is 6.